The molecule has 0 saturated heterocycles. The van der Waals surface area contributed by atoms with Gasteiger partial charge in [-0.1, -0.05) is 35.9 Å². The average molecular weight is 459 g/mol. The minimum atomic E-state index is -0.990. The van der Waals surface area contributed by atoms with E-state index in [1.807, 2.05) is 55.5 Å². The number of hydrogen-bond acceptors (Lipinski definition) is 4. The molecule has 0 saturated carbocycles. The Morgan fingerprint density at radius 3 is 2.48 bits per heavy atom. The zero-order valence-electron chi connectivity index (χ0n) is 17.9. The van der Waals surface area contributed by atoms with Gasteiger partial charge in [-0.2, -0.15) is 5.10 Å². The van der Waals surface area contributed by atoms with E-state index in [0.717, 1.165) is 22.5 Å². The summed E-state index contributed by atoms with van der Waals surface area (Å²) in [6.07, 6.45) is 2.06. The molecule has 0 fully saturated rings. The van der Waals surface area contributed by atoms with Gasteiger partial charge in [0.05, 0.1) is 17.2 Å². The van der Waals surface area contributed by atoms with Gasteiger partial charge in [0.25, 0.3) is 0 Å². The number of aromatic carboxylic acids is 1. The number of hydrazone groups is 1. The molecule has 1 aliphatic heterocycles. The molecule has 3 N–H and O–H groups in total. The van der Waals surface area contributed by atoms with Crippen molar-refractivity contribution in [1.29, 1.82) is 0 Å². The number of aryl methyl sites for hydroxylation is 1. The number of thiocarbonyl (C=S) groups is 1. The van der Waals surface area contributed by atoms with Crippen molar-refractivity contribution in [1.82, 2.24) is 5.43 Å². The van der Waals surface area contributed by atoms with Gasteiger partial charge in [-0.15, -0.1) is 0 Å². The number of rotatable bonds is 6. The third kappa shape index (κ3) is 4.91. The van der Waals surface area contributed by atoms with E-state index in [4.69, 9.17) is 17.3 Å². The van der Waals surface area contributed by atoms with Crippen LogP contribution < -0.4 is 15.6 Å². The summed E-state index contributed by atoms with van der Waals surface area (Å²) >= 11 is 5.22. The molecular formula is C25H22N4O3S. The maximum atomic E-state index is 13.3. The number of nitrogens with zero attached hydrogens (tertiary/aromatic N) is 2. The molecule has 4 rings (SSSR count). The van der Waals surface area contributed by atoms with Gasteiger partial charge < -0.3 is 10.4 Å². The Bertz CT molecular complexity index is 1220. The molecule has 1 amide bonds. The van der Waals surface area contributed by atoms with Gasteiger partial charge in [-0.3, -0.25) is 15.1 Å². The normalized spacial score (nSPS) is 14.9. The van der Waals surface area contributed by atoms with Crippen LogP contribution in [0.5, 0.6) is 0 Å². The van der Waals surface area contributed by atoms with Crippen molar-refractivity contribution >= 4 is 52.5 Å². The molecule has 0 aromatic heterocycles. The quantitative estimate of drug-likeness (QED) is 0.279. The molecule has 3 aromatic carbocycles. The molecular weight excluding hydrogens is 436 g/mol. The first-order valence-electron chi connectivity index (χ1n) is 10.4. The molecule has 1 atom stereocenters. The van der Waals surface area contributed by atoms with Crippen molar-refractivity contribution in [3.8, 4) is 0 Å². The summed E-state index contributed by atoms with van der Waals surface area (Å²) in [6, 6.07) is 21.9. The Balaban J connectivity index is 1.39. The minimum Gasteiger partial charge on any atom is -0.478 e. The Kier molecular flexibility index (Phi) is 6.46. The van der Waals surface area contributed by atoms with E-state index in [9.17, 15) is 9.59 Å². The van der Waals surface area contributed by atoms with E-state index in [2.05, 4.69) is 15.8 Å². The second-order valence-electron chi connectivity index (χ2n) is 7.62. The van der Waals surface area contributed by atoms with E-state index in [0.29, 0.717) is 12.1 Å². The highest BCUT2D eigenvalue weighted by Crippen LogP contribution is 2.42. The monoisotopic (exact) mass is 458 g/mol. The van der Waals surface area contributed by atoms with Crippen LogP contribution in [0.25, 0.3) is 0 Å². The highest BCUT2D eigenvalue weighted by atomic mass is 32.1. The Morgan fingerprint density at radius 1 is 1.09 bits per heavy atom. The third-order valence-electron chi connectivity index (χ3n) is 5.35. The van der Waals surface area contributed by atoms with Gasteiger partial charge >= 0.3 is 5.97 Å². The lowest BCUT2D eigenvalue weighted by molar-refractivity contribution is -0.118. The number of carbonyl (C=O) groups excluding carboxylic acids is 1. The van der Waals surface area contributed by atoms with E-state index in [1.165, 1.54) is 12.1 Å². The number of fused-ring (bicyclic) bond motifs is 1. The van der Waals surface area contributed by atoms with Crippen LogP contribution in [0.4, 0.5) is 17.1 Å². The Hall–Kier alpha value is -4.04. The molecule has 33 heavy (non-hydrogen) atoms. The maximum Gasteiger partial charge on any atom is 0.335 e. The van der Waals surface area contributed by atoms with Crippen LogP contribution in [0.2, 0.25) is 0 Å². The molecule has 1 heterocycles. The number of carbonyl (C=O) groups is 2. The lowest BCUT2D eigenvalue weighted by Crippen LogP contribution is -2.25. The highest BCUT2D eigenvalue weighted by molar-refractivity contribution is 7.80. The van der Waals surface area contributed by atoms with E-state index >= 15 is 0 Å². The number of nitrogens with one attached hydrogen (secondary N) is 2. The number of hydrogen-bond donors (Lipinski definition) is 3. The molecule has 0 aliphatic carbocycles. The van der Waals surface area contributed by atoms with Crippen molar-refractivity contribution in [2.24, 2.45) is 5.10 Å². The summed E-state index contributed by atoms with van der Waals surface area (Å²) in [4.78, 5) is 25.9. The lowest BCUT2D eigenvalue weighted by atomic mass is 9.98. The number of benzene rings is 3. The summed E-state index contributed by atoms with van der Waals surface area (Å²) < 4.78 is 0. The fraction of sp³-hybridized carbons (Fsp3) is 0.120. The molecule has 0 radical (unpaired) electrons. The molecule has 8 heteroatoms. The molecule has 1 unspecified atom stereocenters. The number of carboxylic acids is 1. The van der Waals surface area contributed by atoms with Gasteiger partial charge in [0.15, 0.2) is 5.11 Å². The standard InChI is InChI=1S/C25H22N4O3S/c1-16-6-12-19(13-7-16)29-22-5-3-2-4-20(22)21(23(29)30)14-15-26-28-25(33)27-18-10-8-17(9-11-18)24(31)32/h2-13,15,21H,14H2,1H3,(H,31,32)(H2,27,28,33)/b26-15-. The maximum absolute atomic E-state index is 13.3. The van der Waals surface area contributed by atoms with Gasteiger partial charge in [0, 0.05) is 24.0 Å². The van der Waals surface area contributed by atoms with Gasteiger partial charge in [-0.05, 0) is 67.2 Å². The fourth-order valence-electron chi connectivity index (χ4n) is 3.70. The van der Waals surface area contributed by atoms with Crippen molar-refractivity contribution in [3.63, 3.8) is 0 Å². The summed E-state index contributed by atoms with van der Waals surface area (Å²) in [5.41, 5.74) is 7.39. The second kappa shape index (κ2) is 9.62. The van der Waals surface area contributed by atoms with Crippen LogP contribution in [0.3, 0.4) is 0 Å². The number of carboxylic acid groups (broad SMARTS) is 1. The SMILES string of the molecule is Cc1ccc(N2C(=O)C(C/C=N\NC(=S)Nc3ccc(C(=O)O)cc3)c3ccccc32)cc1. The smallest absolute Gasteiger partial charge is 0.335 e. The summed E-state index contributed by atoms with van der Waals surface area (Å²) in [5.74, 6) is -1.32. The van der Waals surface area contributed by atoms with E-state index < -0.39 is 5.97 Å². The number of anilines is 3. The summed E-state index contributed by atoms with van der Waals surface area (Å²) in [5, 5.41) is 16.3. The first-order chi connectivity index (χ1) is 15.9. The van der Waals surface area contributed by atoms with E-state index in [1.54, 1.807) is 23.2 Å². The van der Waals surface area contributed by atoms with Gasteiger partial charge in [0.1, 0.15) is 0 Å². The zero-order valence-corrected chi connectivity index (χ0v) is 18.7. The lowest BCUT2D eigenvalue weighted by Gasteiger charge is -2.18. The molecule has 7 nitrogen and oxygen atoms in total. The molecule has 1 aliphatic rings. The van der Waals surface area contributed by atoms with Crippen molar-refractivity contribution in [2.75, 3.05) is 10.2 Å². The second-order valence-corrected chi connectivity index (χ2v) is 8.02. The molecule has 0 bridgehead atoms. The minimum absolute atomic E-state index is 0.00530. The van der Waals surface area contributed by atoms with Crippen molar-refractivity contribution in [3.05, 3.63) is 89.5 Å². The van der Waals surface area contributed by atoms with Crippen LogP contribution in [0.1, 0.15) is 33.8 Å². The van der Waals surface area contributed by atoms with Gasteiger partial charge in [0.2, 0.25) is 5.91 Å². The van der Waals surface area contributed by atoms with Crippen LogP contribution in [-0.4, -0.2) is 28.3 Å². The average Bonchev–Trinajstić information content (AvgIpc) is 3.09. The van der Waals surface area contributed by atoms with Crippen LogP contribution in [0.15, 0.2) is 77.9 Å². The number of para-hydroxylation sites is 1. The predicted octanol–water partition coefficient (Wildman–Crippen LogP) is 4.82. The first-order valence-corrected chi connectivity index (χ1v) is 10.8. The van der Waals surface area contributed by atoms with Crippen molar-refractivity contribution < 1.29 is 14.7 Å². The number of amides is 1. The highest BCUT2D eigenvalue weighted by Gasteiger charge is 2.37. The van der Waals surface area contributed by atoms with E-state index in [-0.39, 0.29) is 22.5 Å². The molecule has 166 valence electrons. The van der Waals surface area contributed by atoms with Gasteiger partial charge in [-0.25, -0.2) is 4.79 Å². The van der Waals surface area contributed by atoms with Crippen LogP contribution >= 0.6 is 12.2 Å². The van der Waals surface area contributed by atoms with Crippen molar-refractivity contribution in [2.45, 2.75) is 19.3 Å². The topological polar surface area (TPSA) is 94.0 Å². The Morgan fingerprint density at radius 2 is 1.79 bits per heavy atom. The summed E-state index contributed by atoms with van der Waals surface area (Å²) in [6.45, 7) is 2.01. The summed E-state index contributed by atoms with van der Waals surface area (Å²) in [7, 11) is 0. The fourth-order valence-corrected chi connectivity index (χ4v) is 3.87. The molecule has 0 spiro atoms. The molecule has 3 aromatic rings. The first kappa shape index (κ1) is 22.2. The van der Waals surface area contributed by atoms with Crippen LogP contribution in [0, 0.1) is 6.92 Å². The third-order valence-corrected chi connectivity index (χ3v) is 5.55. The zero-order chi connectivity index (χ0) is 23.4. The Labute approximate surface area is 196 Å². The largest absolute Gasteiger partial charge is 0.478 e. The predicted molar refractivity (Wildman–Crippen MR) is 133 cm³/mol. The van der Waals surface area contributed by atoms with Crippen LogP contribution in [-0.2, 0) is 4.79 Å².